The Morgan fingerprint density at radius 3 is 1.63 bits per heavy atom. The molecule has 0 aliphatic rings. The van der Waals surface area contributed by atoms with Crippen LogP contribution in [0.1, 0.15) is 108 Å². The lowest BCUT2D eigenvalue weighted by Crippen LogP contribution is -2.18. The molecule has 1 aromatic rings. The molecule has 0 fully saturated rings. The number of hydrogen-bond donors (Lipinski definition) is 1. The Kier molecular flexibility index (Phi) is 16.2. The molecular formula is C26H45N. The molecule has 0 saturated heterocycles. The fourth-order valence-corrected chi connectivity index (χ4v) is 3.62. The summed E-state index contributed by atoms with van der Waals surface area (Å²) in [6, 6.07) is 8.72. The third-order valence-corrected chi connectivity index (χ3v) is 5.51. The van der Waals surface area contributed by atoms with Gasteiger partial charge in [-0.1, -0.05) is 127 Å². The van der Waals surface area contributed by atoms with E-state index in [1.54, 1.807) is 0 Å². The Morgan fingerprint density at radius 2 is 1.15 bits per heavy atom. The quantitative estimate of drug-likeness (QED) is 0.243. The molecule has 27 heavy (non-hydrogen) atoms. The Balaban J connectivity index is 1.76. The normalized spacial score (nSPS) is 11.0. The molecule has 0 radical (unpaired) electrons. The lowest BCUT2D eigenvalue weighted by Gasteiger charge is -2.06. The first-order valence-corrected chi connectivity index (χ1v) is 11.8. The monoisotopic (exact) mass is 371 g/mol. The van der Waals surface area contributed by atoms with Gasteiger partial charge in [-0.25, -0.2) is 0 Å². The highest BCUT2D eigenvalue weighted by molar-refractivity contribution is 5.47. The van der Waals surface area contributed by atoms with Gasteiger partial charge in [0, 0.05) is 0 Å². The third-order valence-electron chi connectivity index (χ3n) is 5.51. The number of nitrogens with one attached hydrogen (secondary N) is 1. The van der Waals surface area contributed by atoms with Crippen LogP contribution in [0, 0.1) is 0 Å². The minimum atomic E-state index is 1.09. The van der Waals surface area contributed by atoms with Crippen LogP contribution in [0.3, 0.4) is 0 Å². The zero-order valence-electron chi connectivity index (χ0n) is 18.1. The van der Waals surface area contributed by atoms with Crippen molar-refractivity contribution < 1.29 is 0 Å². The van der Waals surface area contributed by atoms with Crippen molar-refractivity contribution in [3.63, 3.8) is 0 Å². The van der Waals surface area contributed by atoms with E-state index >= 15 is 0 Å². The van der Waals surface area contributed by atoms with Gasteiger partial charge in [-0.2, -0.15) is 0 Å². The molecule has 1 heteroatoms. The lowest BCUT2D eigenvalue weighted by molar-refractivity contribution is 0.530. The first-order chi connectivity index (χ1) is 13.4. The first kappa shape index (κ1) is 24.0. The van der Waals surface area contributed by atoms with E-state index in [9.17, 15) is 0 Å². The van der Waals surface area contributed by atoms with Crippen LogP contribution < -0.4 is 5.32 Å². The minimum Gasteiger partial charge on any atom is -0.316 e. The van der Waals surface area contributed by atoms with E-state index in [0.717, 1.165) is 13.0 Å². The summed E-state index contributed by atoms with van der Waals surface area (Å²) in [6.07, 6.45) is 23.1. The first-order valence-electron chi connectivity index (χ1n) is 11.8. The molecule has 1 rings (SSSR count). The summed E-state index contributed by atoms with van der Waals surface area (Å²) in [4.78, 5) is 0. The zero-order chi connectivity index (χ0) is 19.4. The molecule has 0 aromatic heterocycles. The maximum absolute atomic E-state index is 3.80. The smallest absolute Gasteiger partial charge is 0.000835 e. The summed E-state index contributed by atoms with van der Waals surface area (Å²) >= 11 is 0. The van der Waals surface area contributed by atoms with Crippen molar-refractivity contribution in [2.24, 2.45) is 0 Å². The van der Waals surface area contributed by atoms with E-state index in [1.807, 2.05) is 6.08 Å². The fourth-order valence-electron chi connectivity index (χ4n) is 3.62. The zero-order valence-corrected chi connectivity index (χ0v) is 18.1. The van der Waals surface area contributed by atoms with Gasteiger partial charge in [-0.3, -0.25) is 0 Å². The molecule has 1 aromatic carbocycles. The Morgan fingerprint density at radius 1 is 0.667 bits per heavy atom. The standard InChI is InChI=1S/C26H45N/c1-3-5-6-7-8-9-10-11-12-13-14-15-16-17-23-27-24-22-26-20-18-25(4-2)19-21-26/h4,18-21,27H,2-3,5-17,22-24H2,1H3. The van der Waals surface area contributed by atoms with Gasteiger partial charge in [0.05, 0.1) is 0 Å². The van der Waals surface area contributed by atoms with Crippen molar-refractivity contribution in [3.05, 3.63) is 42.0 Å². The van der Waals surface area contributed by atoms with Crippen LogP contribution in [-0.2, 0) is 6.42 Å². The van der Waals surface area contributed by atoms with Crippen LogP contribution in [0.4, 0.5) is 0 Å². The summed E-state index contributed by atoms with van der Waals surface area (Å²) < 4.78 is 0. The van der Waals surface area contributed by atoms with Crippen LogP contribution in [0.5, 0.6) is 0 Å². The second-order valence-electron chi connectivity index (χ2n) is 8.04. The van der Waals surface area contributed by atoms with Crippen molar-refractivity contribution in [1.82, 2.24) is 5.32 Å². The molecule has 154 valence electrons. The van der Waals surface area contributed by atoms with Crippen LogP contribution >= 0.6 is 0 Å². The highest BCUT2D eigenvalue weighted by Gasteiger charge is 1.95. The molecule has 0 unspecified atom stereocenters. The maximum Gasteiger partial charge on any atom is -0.000835 e. The molecule has 0 amide bonds. The average molecular weight is 372 g/mol. The largest absolute Gasteiger partial charge is 0.316 e. The molecule has 0 bridgehead atoms. The SMILES string of the molecule is C=Cc1ccc(CCNCCCCCCCCCCCCCCCC)cc1. The molecule has 0 aliphatic carbocycles. The van der Waals surface area contributed by atoms with E-state index < -0.39 is 0 Å². The van der Waals surface area contributed by atoms with Gasteiger partial charge in [0.1, 0.15) is 0 Å². The predicted octanol–water partition coefficient (Wildman–Crippen LogP) is 7.94. The Bertz CT molecular complexity index is 434. The molecule has 0 saturated carbocycles. The molecule has 0 spiro atoms. The number of benzene rings is 1. The van der Waals surface area contributed by atoms with Gasteiger partial charge in [0.15, 0.2) is 0 Å². The van der Waals surface area contributed by atoms with Crippen LogP contribution in [0.2, 0.25) is 0 Å². The van der Waals surface area contributed by atoms with Crippen molar-refractivity contribution in [2.45, 2.75) is 103 Å². The van der Waals surface area contributed by atoms with E-state index in [-0.39, 0.29) is 0 Å². The summed E-state index contributed by atoms with van der Waals surface area (Å²) in [5.41, 5.74) is 2.61. The van der Waals surface area contributed by atoms with E-state index in [4.69, 9.17) is 0 Å². The Labute approximate surface area is 170 Å². The maximum atomic E-state index is 3.80. The summed E-state index contributed by atoms with van der Waals surface area (Å²) in [5.74, 6) is 0. The average Bonchev–Trinajstić information content (AvgIpc) is 2.70. The van der Waals surface area contributed by atoms with Crippen molar-refractivity contribution >= 4 is 6.08 Å². The summed E-state index contributed by atoms with van der Waals surface area (Å²) in [7, 11) is 0. The van der Waals surface area contributed by atoms with Crippen molar-refractivity contribution in [1.29, 1.82) is 0 Å². The number of rotatable bonds is 19. The van der Waals surface area contributed by atoms with E-state index in [1.165, 1.54) is 108 Å². The summed E-state index contributed by atoms with van der Waals surface area (Å²) in [5, 5.41) is 3.59. The second kappa shape index (κ2) is 18.3. The van der Waals surface area contributed by atoms with Gasteiger partial charge < -0.3 is 5.32 Å². The van der Waals surface area contributed by atoms with Gasteiger partial charge in [-0.05, 0) is 37.1 Å². The van der Waals surface area contributed by atoms with E-state index in [0.29, 0.717) is 0 Å². The Hall–Kier alpha value is -1.08. The van der Waals surface area contributed by atoms with Gasteiger partial charge in [-0.15, -0.1) is 0 Å². The van der Waals surface area contributed by atoms with Gasteiger partial charge >= 0.3 is 0 Å². The minimum absolute atomic E-state index is 1.09. The lowest BCUT2D eigenvalue weighted by atomic mass is 10.0. The van der Waals surface area contributed by atoms with Crippen LogP contribution in [0.15, 0.2) is 30.8 Å². The molecule has 1 N–H and O–H groups in total. The fraction of sp³-hybridized carbons (Fsp3) is 0.692. The highest BCUT2D eigenvalue weighted by Crippen LogP contribution is 2.12. The highest BCUT2D eigenvalue weighted by atomic mass is 14.8. The topological polar surface area (TPSA) is 12.0 Å². The predicted molar refractivity (Wildman–Crippen MR) is 123 cm³/mol. The van der Waals surface area contributed by atoms with Crippen molar-refractivity contribution in [3.8, 4) is 0 Å². The molecule has 1 nitrogen and oxygen atoms in total. The van der Waals surface area contributed by atoms with E-state index in [2.05, 4.69) is 43.1 Å². The van der Waals surface area contributed by atoms with Crippen LogP contribution in [0.25, 0.3) is 6.08 Å². The molecule has 0 aliphatic heterocycles. The number of hydrogen-bond acceptors (Lipinski definition) is 1. The van der Waals surface area contributed by atoms with Gasteiger partial charge in [0.25, 0.3) is 0 Å². The molecule has 0 heterocycles. The van der Waals surface area contributed by atoms with Crippen LogP contribution in [-0.4, -0.2) is 13.1 Å². The van der Waals surface area contributed by atoms with Crippen molar-refractivity contribution in [2.75, 3.05) is 13.1 Å². The molecule has 0 atom stereocenters. The van der Waals surface area contributed by atoms with Gasteiger partial charge in [0.2, 0.25) is 0 Å². The molecular weight excluding hydrogens is 326 g/mol. The second-order valence-corrected chi connectivity index (χ2v) is 8.04. The number of unbranched alkanes of at least 4 members (excludes halogenated alkanes) is 13. The third kappa shape index (κ3) is 14.6. The summed E-state index contributed by atoms with van der Waals surface area (Å²) in [6.45, 7) is 8.35.